The number of aromatic nitrogens is 4. The highest BCUT2D eigenvalue weighted by Gasteiger charge is 2.26. The number of nitrogens with zero attached hydrogens (tertiary/aromatic N) is 4. The molecular formula is C24H20N4OS2. The van der Waals surface area contributed by atoms with E-state index in [1.54, 1.807) is 27.7 Å². The zero-order valence-corrected chi connectivity index (χ0v) is 18.7. The fourth-order valence-corrected chi connectivity index (χ4v) is 6.73. The van der Waals surface area contributed by atoms with Crippen molar-refractivity contribution in [2.45, 2.75) is 37.1 Å². The van der Waals surface area contributed by atoms with Crippen LogP contribution in [0.15, 0.2) is 64.5 Å². The number of rotatable bonds is 4. The lowest BCUT2D eigenvalue weighted by molar-refractivity contribution is 0.909. The monoisotopic (exact) mass is 444 g/mol. The Labute approximate surface area is 187 Å². The summed E-state index contributed by atoms with van der Waals surface area (Å²) in [5, 5.41) is 10.7. The van der Waals surface area contributed by atoms with Crippen molar-refractivity contribution in [2.24, 2.45) is 0 Å². The Morgan fingerprint density at radius 1 is 1.03 bits per heavy atom. The SMILES string of the molecule is Cc1ccccc1-n1c(=O)c2c3c(sc2n2c(SCc4ccccc4)nnc12)CCC3. The first kappa shape index (κ1) is 18.8. The summed E-state index contributed by atoms with van der Waals surface area (Å²) in [6.07, 6.45) is 3.14. The quantitative estimate of drug-likeness (QED) is 0.358. The molecule has 2 aromatic carbocycles. The normalized spacial score (nSPS) is 13.3. The first-order valence-corrected chi connectivity index (χ1v) is 12.2. The van der Waals surface area contributed by atoms with Gasteiger partial charge in [0, 0.05) is 10.6 Å². The Balaban J connectivity index is 1.63. The van der Waals surface area contributed by atoms with Gasteiger partial charge in [-0.2, -0.15) is 0 Å². The first-order chi connectivity index (χ1) is 15.2. The van der Waals surface area contributed by atoms with Crippen molar-refractivity contribution in [1.82, 2.24) is 19.2 Å². The van der Waals surface area contributed by atoms with Crippen LogP contribution >= 0.6 is 23.1 Å². The van der Waals surface area contributed by atoms with Gasteiger partial charge < -0.3 is 0 Å². The highest BCUT2D eigenvalue weighted by Crippen LogP contribution is 2.37. The van der Waals surface area contributed by atoms with Crippen LogP contribution < -0.4 is 5.56 Å². The molecule has 0 unspecified atom stereocenters. The third kappa shape index (κ3) is 2.95. The van der Waals surface area contributed by atoms with Gasteiger partial charge in [-0.05, 0) is 48.9 Å². The van der Waals surface area contributed by atoms with Crippen molar-refractivity contribution in [3.8, 4) is 5.69 Å². The smallest absolute Gasteiger partial charge is 0.268 e. The maximum absolute atomic E-state index is 13.8. The van der Waals surface area contributed by atoms with Crippen molar-refractivity contribution in [2.75, 3.05) is 0 Å². The van der Waals surface area contributed by atoms with Gasteiger partial charge in [0.05, 0.1) is 11.1 Å². The average molecular weight is 445 g/mol. The number of hydrogen-bond donors (Lipinski definition) is 0. The highest BCUT2D eigenvalue weighted by molar-refractivity contribution is 7.98. The molecular weight excluding hydrogens is 424 g/mol. The van der Waals surface area contributed by atoms with E-state index >= 15 is 0 Å². The Kier molecular flexibility index (Phi) is 4.47. The van der Waals surface area contributed by atoms with Crippen LogP contribution in [0, 0.1) is 6.92 Å². The van der Waals surface area contributed by atoms with E-state index in [-0.39, 0.29) is 5.56 Å². The van der Waals surface area contributed by atoms with E-state index in [0.29, 0.717) is 5.78 Å². The van der Waals surface area contributed by atoms with Gasteiger partial charge >= 0.3 is 0 Å². The molecule has 0 bridgehead atoms. The second kappa shape index (κ2) is 7.35. The minimum atomic E-state index is 0.0169. The van der Waals surface area contributed by atoms with E-state index in [4.69, 9.17) is 0 Å². The zero-order valence-electron chi connectivity index (χ0n) is 17.0. The van der Waals surface area contributed by atoms with Crippen LogP contribution in [0.25, 0.3) is 21.7 Å². The minimum Gasteiger partial charge on any atom is -0.268 e. The van der Waals surface area contributed by atoms with Gasteiger partial charge in [-0.3, -0.25) is 4.79 Å². The van der Waals surface area contributed by atoms with Gasteiger partial charge in [-0.1, -0.05) is 60.3 Å². The van der Waals surface area contributed by atoms with E-state index in [1.165, 1.54) is 16.0 Å². The van der Waals surface area contributed by atoms with E-state index < -0.39 is 0 Å². The summed E-state index contributed by atoms with van der Waals surface area (Å²) >= 11 is 3.39. The average Bonchev–Trinajstić information content (AvgIpc) is 3.48. The molecule has 0 radical (unpaired) electrons. The van der Waals surface area contributed by atoms with E-state index in [1.807, 2.05) is 37.3 Å². The molecule has 31 heavy (non-hydrogen) atoms. The van der Waals surface area contributed by atoms with Crippen LogP contribution in [0.2, 0.25) is 0 Å². The third-order valence-electron chi connectivity index (χ3n) is 5.91. The Morgan fingerprint density at radius 2 is 1.84 bits per heavy atom. The van der Waals surface area contributed by atoms with Crippen LogP contribution in [0.5, 0.6) is 0 Å². The van der Waals surface area contributed by atoms with Crippen LogP contribution in [-0.2, 0) is 18.6 Å². The molecule has 7 heteroatoms. The molecule has 154 valence electrons. The van der Waals surface area contributed by atoms with Crippen LogP contribution in [0.3, 0.4) is 0 Å². The van der Waals surface area contributed by atoms with E-state index in [0.717, 1.165) is 51.6 Å². The second-order valence-electron chi connectivity index (χ2n) is 7.86. The van der Waals surface area contributed by atoms with Gasteiger partial charge in [0.25, 0.3) is 5.56 Å². The van der Waals surface area contributed by atoms with Crippen molar-refractivity contribution in [3.05, 3.63) is 86.5 Å². The molecule has 0 N–H and O–H groups in total. The number of benzene rings is 2. The third-order valence-corrected chi connectivity index (χ3v) is 8.18. The van der Waals surface area contributed by atoms with Crippen molar-refractivity contribution >= 4 is 39.1 Å². The number of thiophene rings is 1. The van der Waals surface area contributed by atoms with Gasteiger partial charge in [-0.15, -0.1) is 21.5 Å². The molecule has 0 fully saturated rings. The Morgan fingerprint density at radius 3 is 2.68 bits per heavy atom. The topological polar surface area (TPSA) is 52.2 Å². The summed E-state index contributed by atoms with van der Waals surface area (Å²) in [6.45, 7) is 2.03. The lowest BCUT2D eigenvalue weighted by atomic mass is 10.1. The van der Waals surface area contributed by atoms with Crippen molar-refractivity contribution < 1.29 is 0 Å². The summed E-state index contributed by atoms with van der Waals surface area (Å²) in [5.74, 6) is 1.39. The van der Waals surface area contributed by atoms with Crippen LogP contribution in [0.4, 0.5) is 0 Å². The van der Waals surface area contributed by atoms with E-state index in [9.17, 15) is 4.79 Å². The molecule has 0 saturated carbocycles. The molecule has 0 spiro atoms. The number of aryl methyl sites for hydroxylation is 3. The first-order valence-electron chi connectivity index (χ1n) is 10.4. The summed E-state index contributed by atoms with van der Waals surface area (Å²) in [6, 6.07) is 18.3. The fraction of sp³-hybridized carbons (Fsp3) is 0.208. The molecule has 0 atom stereocenters. The number of fused-ring (bicyclic) bond motifs is 5. The number of thioether (sulfide) groups is 1. The van der Waals surface area contributed by atoms with Crippen LogP contribution in [-0.4, -0.2) is 19.2 Å². The molecule has 0 aliphatic heterocycles. The highest BCUT2D eigenvalue weighted by atomic mass is 32.2. The van der Waals surface area contributed by atoms with Gasteiger partial charge in [-0.25, -0.2) is 8.97 Å². The fourth-order valence-electron chi connectivity index (χ4n) is 4.40. The summed E-state index contributed by atoms with van der Waals surface area (Å²) < 4.78 is 3.85. The molecule has 3 aromatic heterocycles. The Bertz CT molecular complexity index is 1500. The Hall–Kier alpha value is -2.90. The maximum atomic E-state index is 13.8. The van der Waals surface area contributed by atoms with Gasteiger partial charge in [0.2, 0.25) is 5.78 Å². The summed E-state index contributed by atoms with van der Waals surface area (Å²) in [4.78, 5) is 16.1. The summed E-state index contributed by atoms with van der Waals surface area (Å²) in [7, 11) is 0. The second-order valence-corrected chi connectivity index (χ2v) is 9.88. The summed E-state index contributed by atoms with van der Waals surface area (Å²) in [5.41, 5.74) is 4.38. The molecule has 1 aliphatic rings. The number of hydrogen-bond acceptors (Lipinski definition) is 5. The predicted molar refractivity (Wildman–Crippen MR) is 127 cm³/mol. The molecule has 3 heterocycles. The maximum Gasteiger partial charge on any atom is 0.268 e. The molecule has 0 amide bonds. The van der Waals surface area contributed by atoms with Gasteiger partial charge in [0.1, 0.15) is 4.83 Å². The van der Waals surface area contributed by atoms with Crippen LogP contribution in [0.1, 0.15) is 28.0 Å². The van der Waals surface area contributed by atoms with Crippen molar-refractivity contribution in [1.29, 1.82) is 0 Å². The largest absolute Gasteiger partial charge is 0.268 e. The lowest BCUT2D eigenvalue weighted by Crippen LogP contribution is -2.22. The van der Waals surface area contributed by atoms with E-state index in [2.05, 4.69) is 38.9 Å². The molecule has 1 aliphatic carbocycles. The molecule has 5 aromatic rings. The zero-order chi connectivity index (χ0) is 20.9. The number of para-hydroxylation sites is 1. The standard InChI is InChI=1S/C24H20N4OS2/c1-15-8-5-6-12-18(15)27-21(29)20-17-11-7-13-19(17)31-22(20)28-23(27)25-26-24(28)30-14-16-9-3-2-4-10-16/h2-6,8-10,12H,7,11,13-14H2,1H3. The molecule has 5 nitrogen and oxygen atoms in total. The molecule has 6 rings (SSSR count). The lowest BCUT2D eigenvalue weighted by Gasteiger charge is -2.12. The van der Waals surface area contributed by atoms with Crippen molar-refractivity contribution in [3.63, 3.8) is 0 Å². The molecule has 0 saturated heterocycles. The van der Waals surface area contributed by atoms with Gasteiger partial charge in [0.15, 0.2) is 5.16 Å². The minimum absolute atomic E-state index is 0.0169. The predicted octanol–water partition coefficient (Wildman–Crippen LogP) is 5.18.